The Bertz CT molecular complexity index is 1910. The van der Waals surface area contributed by atoms with Crippen LogP contribution in [0.5, 0.6) is 0 Å². The van der Waals surface area contributed by atoms with Crippen molar-refractivity contribution in [3.8, 4) is 11.3 Å². The maximum absolute atomic E-state index is 13.2. The largest absolute Gasteiger partial charge is 0.478 e. The first-order valence-electron chi connectivity index (χ1n) is 12.5. The molecule has 2 aliphatic rings. The number of carbonyl (C=O) groups excluding carboxylic acids is 2. The zero-order chi connectivity index (χ0) is 34.1. The zero-order valence-electron chi connectivity index (χ0n) is 23.4. The minimum Gasteiger partial charge on any atom is -0.477 e. The molecule has 2 aliphatic heterocycles. The van der Waals surface area contributed by atoms with Crippen molar-refractivity contribution >= 4 is 90.6 Å². The quantitative estimate of drug-likeness (QED) is 0.0359. The highest BCUT2D eigenvalue weighted by atomic mass is 32.2. The first-order chi connectivity index (χ1) is 22.2. The van der Waals surface area contributed by atoms with Crippen LogP contribution < -0.4 is 15.0 Å². The van der Waals surface area contributed by atoms with Gasteiger partial charge in [0.25, 0.3) is 11.8 Å². The number of aliphatic carboxylic acids is 1. The van der Waals surface area contributed by atoms with Gasteiger partial charge < -0.3 is 29.9 Å². The number of oxime groups is 1. The molecule has 0 aliphatic carbocycles. The maximum Gasteiger partial charge on any atom is 0.478 e. The first-order valence-corrected chi connectivity index (χ1v) is 19.2. The normalized spacial score (nSPS) is 19.4. The SMILES string of the molecule is C=CO/N=C(\C(=O)N[C@@H]1C(=O)N2C(C(=O)O)=C(Sc3nc(-c4cc[n+](C)cc4)cs3)CS[C@H]12)c1nsc(NP(=O)(O)OP(=O)(O)O)n1. The van der Waals surface area contributed by atoms with Crippen molar-refractivity contribution in [1.29, 1.82) is 0 Å². The molecule has 2 amide bonds. The van der Waals surface area contributed by atoms with Crippen molar-refractivity contribution in [2.75, 3.05) is 10.8 Å². The Morgan fingerprint density at radius 1 is 1.26 bits per heavy atom. The monoisotopic (exact) mass is 763 g/mol. The van der Waals surface area contributed by atoms with Gasteiger partial charge in [0.2, 0.25) is 16.7 Å². The molecule has 3 atom stereocenters. The van der Waals surface area contributed by atoms with Gasteiger partial charge in [-0.15, -0.1) is 23.1 Å². The van der Waals surface area contributed by atoms with Crippen molar-refractivity contribution in [1.82, 2.24) is 24.6 Å². The first kappa shape index (κ1) is 34.8. The molecule has 5 heterocycles. The Hall–Kier alpha value is -3.50. The predicted molar refractivity (Wildman–Crippen MR) is 169 cm³/mol. The highest BCUT2D eigenvalue weighted by molar-refractivity contribution is 8.07. The average Bonchev–Trinajstić information content (AvgIpc) is 3.64. The van der Waals surface area contributed by atoms with E-state index in [0.717, 1.165) is 34.2 Å². The van der Waals surface area contributed by atoms with E-state index in [0.29, 0.717) is 20.8 Å². The van der Waals surface area contributed by atoms with Crippen LogP contribution in [0.1, 0.15) is 5.82 Å². The van der Waals surface area contributed by atoms with E-state index in [-0.39, 0.29) is 11.4 Å². The molecular weight excluding hydrogens is 743 g/mol. The number of pyridine rings is 1. The average molecular weight is 764 g/mol. The molecule has 0 spiro atoms. The van der Waals surface area contributed by atoms with Gasteiger partial charge in [-0.1, -0.05) is 23.5 Å². The summed E-state index contributed by atoms with van der Waals surface area (Å²) in [6.45, 7) is 3.31. The van der Waals surface area contributed by atoms with Crippen LogP contribution in [0.4, 0.5) is 5.13 Å². The fourth-order valence-corrected chi connectivity index (χ4v) is 10.0. The molecule has 248 valence electrons. The van der Waals surface area contributed by atoms with Crippen LogP contribution in [0, 0.1) is 0 Å². The fraction of sp³-hybridized carbons (Fsp3) is 0.182. The second kappa shape index (κ2) is 13.9. The smallest absolute Gasteiger partial charge is 0.477 e. The number of phosphoric acid groups is 1. The lowest BCUT2D eigenvalue weighted by Crippen LogP contribution is -2.71. The van der Waals surface area contributed by atoms with Crippen LogP contribution in [0.3, 0.4) is 0 Å². The third-order valence-corrected chi connectivity index (χ3v) is 12.4. The number of amides is 2. The van der Waals surface area contributed by atoms with Gasteiger partial charge in [-0.2, -0.15) is 13.7 Å². The summed E-state index contributed by atoms with van der Waals surface area (Å²) in [6, 6.07) is 2.62. The number of aromatic nitrogens is 4. The van der Waals surface area contributed by atoms with Crippen molar-refractivity contribution in [2.24, 2.45) is 12.2 Å². The number of β-lactam (4-membered cyclic amide) rings is 1. The number of anilines is 1. The van der Waals surface area contributed by atoms with Crippen molar-refractivity contribution in [3.05, 3.63) is 59.2 Å². The number of nitrogens with zero attached hydrogens (tertiary/aromatic N) is 6. The lowest BCUT2D eigenvalue weighted by Gasteiger charge is -2.49. The molecule has 25 heteroatoms. The van der Waals surface area contributed by atoms with Crippen LogP contribution >= 0.6 is 62.0 Å². The summed E-state index contributed by atoms with van der Waals surface area (Å²) in [6.07, 6.45) is 4.61. The van der Waals surface area contributed by atoms with Crippen molar-refractivity contribution in [2.45, 2.75) is 15.8 Å². The molecule has 0 radical (unpaired) electrons. The zero-order valence-corrected chi connectivity index (χ0v) is 28.4. The third kappa shape index (κ3) is 8.15. The van der Waals surface area contributed by atoms with Crippen LogP contribution in [-0.4, -0.2) is 79.7 Å². The molecular formula is C22H21N8O11P2S4+. The van der Waals surface area contributed by atoms with E-state index in [2.05, 4.69) is 35.7 Å². The Kier molecular flexibility index (Phi) is 10.3. The molecule has 1 fully saturated rings. The fourth-order valence-electron chi connectivity index (χ4n) is 4.02. The minimum absolute atomic E-state index is 0.199. The molecule has 5 rings (SSSR count). The lowest BCUT2D eigenvalue weighted by atomic mass is 10.0. The summed E-state index contributed by atoms with van der Waals surface area (Å²) < 4.78 is 33.0. The lowest BCUT2D eigenvalue weighted by molar-refractivity contribution is -0.671. The van der Waals surface area contributed by atoms with E-state index in [1.165, 1.54) is 23.1 Å². The van der Waals surface area contributed by atoms with E-state index in [1.54, 1.807) is 5.09 Å². The standard InChI is InChI=1S/C22H20N8O11P2S4/c1-3-40-26-13(16-25-21(47-28-16)27-42(35,36)41-43(37,38)39)17(31)24-14-18(32)30-15(20(33)34)12(9-44-19(14)30)46-22-23-11(8-45-22)10-4-6-29(2)7-5-10/h3-8,14,19H,1,9H2,2H3,(H5-,24,25,27,28,31,33,34,35,36,37,38,39)/p+1/b26-13-/t14-,19-/m1/s1. The second-order valence-corrected chi connectivity index (χ2v) is 16.1. The highest BCUT2D eigenvalue weighted by Gasteiger charge is 2.54. The molecule has 6 N–H and O–H groups in total. The van der Waals surface area contributed by atoms with Gasteiger partial charge >= 0.3 is 21.5 Å². The summed E-state index contributed by atoms with van der Waals surface area (Å²) in [5.74, 6) is -3.34. The van der Waals surface area contributed by atoms with Crippen molar-refractivity contribution < 1.29 is 57.0 Å². The van der Waals surface area contributed by atoms with Crippen LogP contribution in [0.15, 0.2) is 62.8 Å². The second-order valence-electron chi connectivity index (χ2n) is 9.13. The van der Waals surface area contributed by atoms with Gasteiger partial charge in [0.15, 0.2) is 16.7 Å². The minimum atomic E-state index is -5.36. The number of carboxylic acid groups (broad SMARTS) is 1. The van der Waals surface area contributed by atoms with Crippen LogP contribution in [-0.2, 0) is 39.7 Å². The van der Waals surface area contributed by atoms with Crippen molar-refractivity contribution in [3.63, 3.8) is 0 Å². The molecule has 3 aromatic rings. The number of carboxylic acids is 1. The van der Waals surface area contributed by atoms with E-state index in [1.807, 2.05) is 41.5 Å². The number of rotatable bonds is 13. The molecule has 3 aromatic heterocycles. The summed E-state index contributed by atoms with van der Waals surface area (Å²) >= 11 is 4.10. The molecule has 0 saturated carbocycles. The van der Waals surface area contributed by atoms with E-state index in [9.17, 15) is 33.5 Å². The third-order valence-electron chi connectivity index (χ3n) is 5.92. The molecule has 0 bridgehead atoms. The topological polar surface area (TPSA) is 267 Å². The van der Waals surface area contributed by atoms with Crippen LogP contribution in [0.2, 0.25) is 0 Å². The van der Waals surface area contributed by atoms with E-state index in [4.69, 9.17) is 14.6 Å². The van der Waals surface area contributed by atoms with Gasteiger partial charge in [-0.25, -0.2) is 23.5 Å². The number of fused-ring (bicyclic) bond motifs is 1. The van der Waals surface area contributed by atoms with Crippen LogP contribution in [0.25, 0.3) is 11.3 Å². The van der Waals surface area contributed by atoms with Gasteiger partial charge in [0.05, 0.1) is 5.69 Å². The van der Waals surface area contributed by atoms with E-state index < -0.39 is 61.4 Å². The summed E-state index contributed by atoms with van der Waals surface area (Å²) in [4.78, 5) is 80.6. The van der Waals surface area contributed by atoms with Gasteiger partial charge in [-0.3, -0.25) is 19.6 Å². The number of nitrogens with one attached hydrogen (secondary N) is 2. The molecule has 1 saturated heterocycles. The summed E-state index contributed by atoms with van der Waals surface area (Å²) in [5.41, 5.74) is 0.763. The van der Waals surface area contributed by atoms with Gasteiger partial charge in [-0.05, 0) is 0 Å². The Labute approximate surface area is 280 Å². The van der Waals surface area contributed by atoms with E-state index >= 15 is 0 Å². The Morgan fingerprint density at radius 3 is 2.64 bits per heavy atom. The number of thiazole rings is 1. The molecule has 1 unspecified atom stereocenters. The number of hydrogen-bond donors (Lipinski definition) is 6. The maximum atomic E-state index is 13.2. The van der Waals surface area contributed by atoms with Gasteiger partial charge in [0, 0.05) is 45.3 Å². The Balaban J connectivity index is 1.30. The number of aryl methyl sites for hydroxylation is 1. The molecule has 19 nitrogen and oxygen atoms in total. The molecule has 0 aromatic carbocycles. The molecule has 47 heavy (non-hydrogen) atoms. The predicted octanol–water partition coefficient (Wildman–Crippen LogP) is 1.46. The summed E-state index contributed by atoms with van der Waals surface area (Å²) in [7, 11) is -8.58. The highest BCUT2D eigenvalue weighted by Crippen LogP contribution is 2.56. The van der Waals surface area contributed by atoms with Gasteiger partial charge in [0.1, 0.15) is 30.4 Å². The summed E-state index contributed by atoms with van der Waals surface area (Å²) in [5, 5.41) is 18.4. The Morgan fingerprint density at radius 2 is 1.98 bits per heavy atom. The number of thioether (sulfide) groups is 2. The number of carbonyl (C=O) groups is 3. The number of hydrogen-bond acceptors (Lipinski definition) is 15.